The molecule has 0 aromatic heterocycles. The molecule has 0 radical (unpaired) electrons. The number of hydrogen-bond acceptors (Lipinski definition) is 1. The molecule has 80 valence electrons. The van der Waals surface area contributed by atoms with Crippen LogP contribution in [0.3, 0.4) is 0 Å². The standard InChI is InChI=1S/C10H13F3O/c1-6-3-8(5-14)9(4-7(6)2)10(11,12)13/h5,8-9H,3-4H2,1-2H3/t8-,9+/m1/s1. The Kier molecular flexibility index (Phi) is 3.02. The van der Waals surface area contributed by atoms with Gasteiger partial charge >= 0.3 is 6.18 Å². The van der Waals surface area contributed by atoms with E-state index in [2.05, 4.69) is 0 Å². The van der Waals surface area contributed by atoms with Crippen LogP contribution in [0.5, 0.6) is 0 Å². The van der Waals surface area contributed by atoms with Crippen molar-refractivity contribution in [2.24, 2.45) is 11.8 Å². The van der Waals surface area contributed by atoms with Crippen LogP contribution in [0.25, 0.3) is 0 Å². The highest BCUT2D eigenvalue weighted by atomic mass is 19.4. The van der Waals surface area contributed by atoms with Crippen molar-refractivity contribution in [1.82, 2.24) is 0 Å². The highest BCUT2D eigenvalue weighted by Gasteiger charge is 2.46. The van der Waals surface area contributed by atoms with Gasteiger partial charge in [-0.05, 0) is 26.7 Å². The number of alkyl halides is 3. The molecule has 0 aromatic carbocycles. The number of aldehydes is 1. The van der Waals surface area contributed by atoms with Crippen molar-refractivity contribution in [2.75, 3.05) is 0 Å². The molecule has 0 amide bonds. The molecule has 4 heteroatoms. The minimum Gasteiger partial charge on any atom is -0.303 e. The van der Waals surface area contributed by atoms with E-state index in [0.717, 1.165) is 11.1 Å². The topological polar surface area (TPSA) is 17.1 Å². The van der Waals surface area contributed by atoms with Gasteiger partial charge in [0.2, 0.25) is 0 Å². The summed E-state index contributed by atoms with van der Waals surface area (Å²) in [5.74, 6) is -2.37. The van der Waals surface area contributed by atoms with E-state index in [1.807, 2.05) is 0 Å². The first-order valence-electron chi connectivity index (χ1n) is 4.53. The van der Waals surface area contributed by atoms with Gasteiger partial charge in [0.1, 0.15) is 6.29 Å². The summed E-state index contributed by atoms with van der Waals surface area (Å²) in [6.45, 7) is 3.49. The number of carbonyl (C=O) groups is 1. The highest BCUT2D eigenvalue weighted by molar-refractivity contribution is 5.56. The third kappa shape index (κ3) is 2.16. The molecule has 1 aliphatic carbocycles. The summed E-state index contributed by atoms with van der Waals surface area (Å²) in [5, 5.41) is 0. The average Bonchev–Trinajstić information content (AvgIpc) is 2.07. The molecule has 0 aliphatic heterocycles. The molecule has 0 spiro atoms. The maximum atomic E-state index is 12.5. The molecule has 0 N–H and O–H groups in total. The molecule has 0 heterocycles. The lowest BCUT2D eigenvalue weighted by Gasteiger charge is -2.31. The maximum Gasteiger partial charge on any atom is 0.392 e. The van der Waals surface area contributed by atoms with E-state index >= 15 is 0 Å². The van der Waals surface area contributed by atoms with Gasteiger partial charge in [0.25, 0.3) is 0 Å². The van der Waals surface area contributed by atoms with Crippen molar-refractivity contribution in [3.05, 3.63) is 11.1 Å². The van der Waals surface area contributed by atoms with Gasteiger partial charge in [0.15, 0.2) is 0 Å². The van der Waals surface area contributed by atoms with Crippen molar-refractivity contribution in [2.45, 2.75) is 32.9 Å². The molecule has 1 nitrogen and oxygen atoms in total. The number of carbonyl (C=O) groups excluding carboxylic acids is 1. The van der Waals surface area contributed by atoms with Crippen LogP contribution in [0.15, 0.2) is 11.1 Å². The molecule has 14 heavy (non-hydrogen) atoms. The molecule has 0 saturated heterocycles. The van der Waals surface area contributed by atoms with Gasteiger partial charge in [-0.3, -0.25) is 0 Å². The summed E-state index contributed by atoms with van der Waals surface area (Å²) in [4.78, 5) is 10.5. The van der Waals surface area contributed by atoms with E-state index in [9.17, 15) is 18.0 Å². The monoisotopic (exact) mass is 206 g/mol. The molecule has 1 rings (SSSR count). The zero-order chi connectivity index (χ0) is 10.9. The smallest absolute Gasteiger partial charge is 0.303 e. The summed E-state index contributed by atoms with van der Waals surface area (Å²) >= 11 is 0. The van der Waals surface area contributed by atoms with Crippen LogP contribution >= 0.6 is 0 Å². The second kappa shape index (κ2) is 3.75. The summed E-state index contributed by atoms with van der Waals surface area (Å²) in [5.41, 5.74) is 1.69. The first-order chi connectivity index (χ1) is 6.36. The van der Waals surface area contributed by atoms with Gasteiger partial charge < -0.3 is 4.79 Å². The Morgan fingerprint density at radius 1 is 1.21 bits per heavy atom. The molecule has 0 saturated carbocycles. The molecule has 0 bridgehead atoms. The fourth-order valence-electron chi connectivity index (χ4n) is 1.83. The Morgan fingerprint density at radius 3 is 2.14 bits per heavy atom. The quantitative estimate of drug-likeness (QED) is 0.476. The third-order valence-corrected chi connectivity index (χ3v) is 2.91. The fraction of sp³-hybridized carbons (Fsp3) is 0.700. The molecule has 0 aromatic rings. The predicted octanol–water partition coefficient (Wildman–Crippen LogP) is 3.11. The number of rotatable bonds is 1. The van der Waals surface area contributed by atoms with Gasteiger partial charge in [0, 0.05) is 5.92 Å². The highest BCUT2D eigenvalue weighted by Crippen LogP contribution is 2.42. The second-order valence-corrected chi connectivity index (χ2v) is 3.92. The lowest BCUT2D eigenvalue weighted by molar-refractivity contribution is -0.189. The Bertz CT molecular complexity index is 265. The molecule has 0 unspecified atom stereocenters. The molecule has 1 aliphatic rings. The molecular formula is C10H13F3O. The maximum absolute atomic E-state index is 12.5. The van der Waals surface area contributed by atoms with Crippen molar-refractivity contribution >= 4 is 6.29 Å². The van der Waals surface area contributed by atoms with Crippen molar-refractivity contribution in [3.63, 3.8) is 0 Å². The van der Waals surface area contributed by atoms with E-state index in [4.69, 9.17) is 0 Å². The SMILES string of the molecule is CC1=C(C)C[C@H](C(F)(F)F)[C@@H](C=O)C1. The van der Waals surface area contributed by atoms with Crippen LogP contribution in [0.1, 0.15) is 26.7 Å². The summed E-state index contributed by atoms with van der Waals surface area (Å²) < 4.78 is 37.5. The van der Waals surface area contributed by atoms with E-state index < -0.39 is 18.0 Å². The Balaban J connectivity index is 2.92. The van der Waals surface area contributed by atoms with E-state index in [0.29, 0.717) is 6.29 Å². The Labute approximate surface area is 81.0 Å². The normalized spacial score (nSPS) is 29.2. The van der Waals surface area contributed by atoms with Gasteiger partial charge in [-0.15, -0.1) is 0 Å². The van der Waals surface area contributed by atoms with Crippen LogP contribution < -0.4 is 0 Å². The van der Waals surface area contributed by atoms with Gasteiger partial charge in [-0.2, -0.15) is 13.2 Å². The van der Waals surface area contributed by atoms with Crippen LogP contribution in [-0.2, 0) is 4.79 Å². The Hall–Kier alpha value is -0.800. The van der Waals surface area contributed by atoms with Gasteiger partial charge in [-0.1, -0.05) is 11.1 Å². The van der Waals surface area contributed by atoms with E-state index in [1.54, 1.807) is 13.8 Å². The second-order valence-electron chi connectivity index (χ2n) is 3.92. The predicted molar refractivity (Wildman–Crippen MR) is 46.7 cm³/mol. The van der Waals surface area contributed by atoms with E-state index in [1.165, 1.54) is 0 Å². The molecular weight excluding hydrogens is 193 g/mol. The molecule has 0 fully saturated rings. The van der Waals surface area contributed by atoms with Crippen LogP contribution in [0.2, 0.25) is 0 Å². The third-order valence-electron chi connectivity index (χ3n) is 2.91. The minimum absolute atomic E-state index is 0.0290. The van der Waals surface area contributed by atoms with Crippen LogP contribution in [0, 0.1) is 11.8 Å². The number of hydrogen-bond donors (Lipinski definition) is 0. The van der Waals surface area contributed by atoms with Crippen molar-refractivity contribution in [3.8, 4) is 0 Å². The fourth-order valence-corrected chi connectivity index (χ4v) is 1.83. The summed E-state index contributed by atoms with van der Waals surface area (Å²) in [6.07, 6.45) is -3.60. The van der Waals surface area contributed by atoms with E-state index in [-0.39, 0.29) is 12.8 Å². The summed E-state index contributed by atoms with van der Waals surface area (Å²) in [7, 11) is 0. The largest absolute Gasteiger partial charge is 0.392 e. The first-order valence-corrected chi connectivity index (χ1v) is 4.53. The summed E-state index contributed by atoms with van der Waals surface area (Å²) in [6, 6.07) is 0. The van der Waals surface area contributed by atoms with Gasteiger partial charge in [0.05, 0.1) is 5.92 Å². The lowest BCUT2D eigenvalue weighted by atomic mass is 9.77. The van der Waals surface area contributed by atoms with Crippen molar-refractivity contribution in [1.29, 1.82) is 0 Å². The molecule has 2 atom stereocenters. The van der Waals surface area contributed by atoms with Gasteiger partial charge in [-0.25, -0.2) is 0 Å². The Morgan fingerprint density at radius 2 is 1.71 bits per heavy atom. The van der Waals surface area contributed by atoms with Crippen LogP contribution in [-0.4, -0.2) is 12.5 Å². The average molecular weight is 206 g/mol. The number of allylic oxidation sites excluding steroid dienone is 2. The zero-order valence-corrected chi connectivity index (χ0v) is 8.19. The number of halogens is 3. The lowest BCUT2D eigenvalue weighted by Crippen LogP contribution is -2.34. The minimum atomic E-state index is -4.26. The van der Waals surface area contributed by atoms with Crippen molar-refractivity contribution < 1.29 is 18.0 Å². The van der Waals surface area contributed by atoms with Crippen LogP contribution in [0.4, 0.5) is 13.2 Å². The zero-order valence-electron chi connectivity index (χ0n) is 8.19. The first kappa shape index (κ1) is 11.3.